The van der Waals surface area contributed by atoms with Gasteiger partial charge in [0.25, 0.3) is 0 Å². The van der Waals surface area contributed by atoms with Crippen LogP contribution in [-0.2, 0) is 13.1 Å². The zero-order chi connectivity index (χ0) is 18.9. The van der Waals surface area contributed by atoms with E-state index in [1.165, 1.54) is 5.56 Å². The first-order chi connectivity index (χ1) is 13.2. The lowest BCUT2D eigenvalue weighted by molar-refractivity contribution is 0.222. The van der Waals surface area contributed by atoms with Gasteiger partial charge in [0.05, 0.1) is 0 Å². The normalized spacial score (nSPS) is 14.1. The van der Waals surface area contributed by atoms with E-state index in [4.69, 9.17) is 0 Å². The van der Waals surface area contributed by atoms with Crippen molar-refractivity contribution >= 4 is 17.7 Å². The molecule has 1 aliphatic heterocycles. The number of benzene rings is 2. The minimum Gasteiger partial charge on any atom is -0.352 e. The molecule has 6 heteroatoms. The van der Waals surface area contributed by atoms with Gasteiger partial charge < -0.3 is 20.9 Å². The first kappa shape index (κ1) is 18.8. The predicted molar refractivity (Wildman–Crippen MR) is 110 cm³/mol. The van der Waals surface area contributed by atoms with E-state index in [0.717, 1.165) is 43.1 Å². The fourth-order valence-corrected chi connectivity index (χ4v) is 3.07. The van der Waals surface area contributed by atoms with Crippen molar-refractivity contribution < 1.29 is 4.79 Å². The zero-order valence-corrected chi connectivity index (χ0v) is 15.7. The van der Waals surface area contributed by atoms with Gasteiger partial charge in [-0.25, -0.2) is 4.79 Å². The van der Waals surface area contributed by atoms with Crippen LogP contribution in [0.3, 0.4) is 0 Å². The Morgan fingerprint density at radius 3 is 2.33 bits per heavy atom. The number of carbonyl (C=O) groups is 1. The second-order valence-corrected chi connectivity index (χ2v) is 6.59. The quantitative estimate of drug-likeness (QED) is 0.563. The summed E-state index contributed by atoms with van der Waals surface area (Å²) in [6, 6.07) is 18.1. The molecule has 2 amide bonds. The summed E-state index contributed by atoms with van der Waals surface area (Å²) >= 11 is 0. The number of amides is 2. The summed E-state index contributed by atoms with van der Waals surface area (Å²) in [5.41, 5.74) is 3.10. The average molecular weight is 365 g/mol. The largest absolute Gasteiger partial charge is 0.352 e. The predicted octanol–water partition coefficient (Wildman–Crippen LogP) is 3.18. The fourth-order valence-electron chi connectivity index (χ4n) is 3.07. The lowest BCUT2D eigenvalue weighted by atomic mass is 10.2. The van der Waals surface area contributed by atoms with E-state index in [-0.39, 0.29) is 6.03 Å². The van der Waals surface area contributed by atoms with Crippen molar-refractivity contribution in [2.24, 2.45) is 4.99 Å². The lowest BCUT2D eigenvalue weighted by Gasteiger charge is -2.17. The molecule has 2 aromatic carbocycles. The Morgan fingerprint density at radius 1 is 0.963 bits per heavy atom. The van der Waals surface area contributed by atoms with Crippen LogP contribution < -0.4 is 16.0 Å². The van der Waals surface area contributed by atoms with E-state index in [1.807, 2.05) is 47.4 Å². The van der Waals surface area contributed by atoms with Crippen LogP contribution in [0.15, 0.2) is 59.6 Å². The lowest BCUT2D eigenvalue weighted by Crippen LogP contribution is -2.36. The Hall–Kier alpha value is -3.02. The van der Waals surface area contributed by atoms with Crippen LogP contribution in [0.4, 0.5) is 10.5 Å². The van der Waals surface area contributed by atoms with Gasteiger partial charge in [0.15, 0.2) is 5.96 Å². The molecule has 0 aliphatic carbocycles. The SMILES string of the molecule is CN=C(NCc1ccccc1)NCc1cccc(NC(=O)N2CCCC2)c1. The van der Waals surface area contributed by atoms with Gasteiger partial charge in [-0.05, 0) is 36.1 Å². The van der Waals surface area contributed by atoms with Crippen molar-refractivity contribution in [3.05, 3.63) is 65.7 Å². The van der Waals surface area contributed by atoms with Crippen molar-refractivity contribution in [2.75, 3.05) is 25.5 Å². The standard InChI is InChI=1S/C21H27N5O/c1-22-20(23-15-17-8-3-2-4-9-17)24-16-18-10-7-11-19(14-18)25-21(27)26-12-5-6-13-26/h2-4,7-11,14H,5-6,12-13,15-16H2,1H3,(H,25,27)(H2,22,23,24). The van der Waals surface area contributed by atoms with Gasteiger partial charge in [0, 0.05) is 38.9 Å². The monoisotopic (exact) mass is 365 g/mol. The minimum atomic E-state index is -0.0158. The highest BCUT2D eigenvalue weighted by Crippen LogP contribution is 2.14. The maximum atomic E-state index is 12.2. The van der Waals surface area contributed by atoms with E-state index in [9.17, 15) is 4.79 Å². The molecule has 3 N–H and O–H groups in total. The van der Waals surface area contributed by atoms with Gasteiger partial charge in [-0.3, -0.25) is 4.99 Å². The van der Waals surface area contributed by atoms with Crippen LogP contribution in [0.5, 0.6) is 0 Å². The number of rotatable bonds is 5. The topological polar surface area (TPSA) is 68.8 Å². The van der Waals surface area contributed by atoms with Crippen LogP contribution in [-0.4, -0.2) is 37.0 Å². The summed E-state index contributed by atoms with van der Waals surface area (Å²) < 4.78 is 0. The molecule has 1 heterocycles. The maximum Gasteiger partial charge on any atom is 0.321 e. The molecule has 142 valence electrons. The molecule has 0 spiro atoms. The van der Waals surface area contributed by atoms with Gasteiger partial charge in [0.2, 0.25) is 0 Å². The van der Waals surface area contributed by atoms with Crippen molar-refractivity contribution in [1.29, 1.82) is 0 Å². The average Bonchev–Trinajstić information content (AvgIpc) is 3.24. The molecular weight excluding hydrogens is 338 g/mol. The molecule has 1 fully saturated rings. The van der Waals surface area contributed by atoms with Crippen molar-refractivity contribution in [3.8, 4) is 0 Å². The van der Waals surface area contributed by atoms with Crippen molar-refractivity contribution in [2.45, 2.75) is 25.9 Å². The van der Waals surface area contributed by atoms with Crippen molar-refractivity contribution in [3.63, 3.8) is 0 Å². The van der Waals surface area contributed by atoms with Crippen molar-refractivity contribution in [1.82, 2.24) is 15.5 Å². The highest BCUT2D eigenvalue weighted by molar-refractivity contribution is 5.89. The van der Waals surface area contributed by atoms with Crippen LogP contribution >= 0.6 is 0 Å². The number of hydrogen-bond acceptors (Lipinski definition) is 2. The maximum absolute atomic E-state index is 12.2. The summed E-state index contributed by atoms with van der Waals surface area (Å²) in [4.78, 5) is 18.3. The molecule has 0 atom stereocenters. The molecular formula is C21H27N5O. The Balaban J connectivity index is 1.50. The smallest absolute Gasteiger partial charge is 0.321 e. The van der Waals surface area contributed by atoms with Gasteiger partial charge in [-0.15, -0.1) is 0 Å². The molecule has 1 saturated heterocycles. The first-order valence-electron chi connectivity index (χ1n) is 9.38. The second-order valence-electron chi connectivity index (χ2n) is 6.59. The van der Waals surface area contributed by atoms with E-state index in [1.54, 1.807) is 7.05 Å². The number of urea groups is 1. The number of anilines is 1. The first-order valence-corrected chi connectivity index (χ1v) is 9.38. The third-order valence-electron chi connectivity index (χ3n) is 4.56. The second kappa shape index (κ2) is 9.62. The highest BCUT2D eigenvalue weighted by Gasteiger charge is 2.17. The number of guanidine groups is 1. The highest BCUT2D eigenvalue weighted by atomic mass is 16.2. The molecule has 0 aromatic heterocycles. The third-order valence-corrected chi connectivity index (χ3v) is 4.56. The summed E-state index contributed by atoms with van der Waals surface area (Å²) in [5, 5.41) is 9.60. The fraction of sp³-hybridized carbons (Fsp3) is 0.333. The molecule has 0 saturated carbocycles. The molecule has 0 bridgehead atoms. The molecule has 1 aliphatic rings. The van der Waals surface area contributed by atoms with E-state index < -0.39 is 0 Å². The molecule has 27 heavy (non-hydrogen) atoms. The van der Waals surface area contributed by atoms with Crippen LogP contribution in [0, 0.1) is 0 Å². The van der Waals surface area contributed by atoms with Gasteiger partial charge in [0.1, 0.15) is 0 Å². The summed E-state index contributed by atoms with van der Waals surface area (Å²) in [6.45, 7) is 3.03. The van der Waals surface area contributed by atoms with Gasteiger partial charge in [-0.2, -0.15) is 0 Å². The Bertz CT molecular complexity index is 769. The van der Waals surface area contributed by atoms with Crippen LogP contribution in [0.1, 0.15) is 24.0 Å². The summed E-state index contributed by atoms with van der Waals surface area (Å²) in [5.74, 6) is 0.741. The number of nitrogens with one attached hydrogen (secondary N) is 3. The molecule has 2 aromatic rings. The molecule has 6 nitrogen and oxygen atoms in total. The number of nitrogens with zero attached hydrogens (tertiary/aromatic N) is 2. The molecule has 0 unspecified atom stereocenters. The Kier molecular flexibility index (Phi) is 6.68. The van der Waals surface area contributed by atoms with E-state index in [0.29, 0.717) is 13.1 Å². The summed E-state index contributed by atoms with van der Waals surface area (Å²) in [7, 11) is 1.76. The van der Waals surface area contributed by atoms with E-state index in [2.05, 4.69) is 33.1 Å². The van der Waals surface area contributed by atoms with E-state index >= 15 is 0 Å². The number of carbonyl (C=O) groups excluding carboxylic acids is 1. The number of hydrogen-bond donors (Lipinski definition) is 3. The van der Waals surface area contributed by atoms with Gasteiger partial charge in [-0.1, -0.05) is 42.5 Å². The number of aliphatic imine (C=N–C) groups is 1. The Morgan fingerprint density at radius 2 is 1.63 bits per heavy atom. The molecule has 3 rings (SSSR count). The Labute approximate surface area is 160 Å². The van der Waals surface area contributed by atoms with Crippen LogP contribution in [0.25, 0.3) is 0 Å². The third kappa shape index (κ3) is 5.74. The molecule has 0 radical (unpaired) electrons. The minimum absolute atomic E-state index is 0.0158. The number of likely N-dealkylation sites (tertiary alicyclic amines) is 1. The zero-order valence-electron chi connectivity index (χ0n) is 15.7. The van der Waals surface area contributed by atoms with Crippen LogP contribution in [0.2, 0.25) is 0 Å². The summed E-state index contributed by atoms with van der Waals surface area (Å²) in [6.07, 6.45) is 2.18. The van der Waals surface area contributed by atoms with Gasteiger partial charge >= 0.3 is 6.03 Å².